The first-order valence-electron chi connectivity index (χ1n) is 9.53. The summed E-state index contributed by atoms with van der Waals surface area (Å²) in [5.41, 5.74) is 0. The number of carbonyl (C=O) groups excluding carboxylic acids is 1. The quantitative estimate of drug-likeness (QED) is 0.850. The number of benzene rings is 1. The topological polar surface area (TPSA) is 66.5 Å². The number of hydrogen-bond donors (Lipinski definition) is 1. The van der Waals surface area contributed by atoms with E-state index in [-0.39, 0.29) is 29.3 Å². The van der Waals surface area contributed by atoms with Gasteiger partial charge in [-0.05, 0) is 49.9 Å². The van der Waals surface area contributed by atoms with Crippen LogP contribution in [0, 0.1) is 5.82 Å². The highest BCUT2D eigenvalue weighted by molar-refractivity contribution is 7.89. The molecule has 0 spiro atoms. The Morgan fingerprint density at radius 2 is 1.69 bits per heavy atom. The summed E-state index contributed by atoms with van der Waals surface area (Å²) in [5, 5.41) is 3.08. The molecule has 1 heterocycles. The Bertz CT molecular complexity index is 715. The van der Waals surface area contributed by atoms with E-state index in [1.165, 1.54) is 22.9 Å². The van der Waals surface area contributed by atoms with E-state index in [1.54, 1.807) is 0 Å². The Labute approximate surface area is 155 Å². The number of piperidine rings is 1. The number of nitrogens with zero attached hydrogens (tertiary/aromatic N) is 1. The van der Waals surface area contributed by atoms with Crippen molar-refractivity contribution in [1.82, 2.24) is 9.62 Å². The largest absolute Gasteiger partial charge is 0.353 e. The second-order valence-electron chi connectivity index (χ2n) is 7.33. The summed E-state index contributed by atoms with van der Waals surface area (Å²) in [6.45, 7) is 0.404. The fourth-order valence-electron chi connectivity index (χ4n) is 3.98. The van der Waals surface area contributed by atoms with Gasteiger partial charge in [-0.2, -0.15) is 4.31 Å². The maximum Gasteiger partial charge on any atom is 0.243 e. The summed E-state index contributed by atoms with van der Waals surface area (Å²) in [5.74, 6) is -0.533. The third-order valence-electron chi connectivity index (χ3n) is 5.38. The van der Waals surface area contributed by atoms with Crippen LogP contribution in [0.1, 0.15) is 57.8 Å². The van der Waals surface area contributed by atoms with Gasteiger partial charge in [0.2, 0.25) is 15.9 Å². The minimum Gasteiger partial charge on any atom is -0.353 e. The average Bonchev–Trinajstić information content (AvgIpc) is 2.63. The maximum atomic E-state index is 13.1. The van der Waals surface area contributed by atoms with Crippen molar-refractivity contribution in [2.24, 2.45) is 0 Å². The molecule has 3 rings (SSSR count). The van der Waals surface area contributed by atoms with Crippen LogP contribution in [0.25, 0.3) is 0 Å². The van der Waals surface area contributed by atoms with Crippen molar-refractivity contribution in [2.45, 2.75) is 74.8 Å². The number of rotatable bonds is 5. The summed E-state index contributed by atoms with van der Waals surface area (Å²) >= 11 is 0. The van der Waals surface area contributed by atoms with Gasteiger partial charge in [0.25, 0.3) is 0 Å². The number of amides is 1. The first-order valence-corrected chi connectivity index (χ1v) is 11.0. The molecule has 1 saturated carbocycles. The normalized spacial score (nSPS) is 22.9. The van der Waals surface area contributed by atoms with Gasteiger partial charge < -0.3 is 5.32 Å². The standard InChI is InChI=1S/C19H27FN2O3S/c20-15-9-11-18(12-10-15)26(24,25)22-13-5-4-8-17(22)14-19(23)21-16-6-2-1-3-7-16/h9-12,16-17H,1-8,13-14H2,(H,21,23). The summed E-state index contributed by atoms with van der Waals surface area (Å²) < 4.78 is 40.5. The van der Waals surface area contributed by atoms with Crippen molar-refractivity contribution in [2.75, 3.05) is 6.54 Å². The molecule has 1 unspecified atom stereocenters. The van der Waals surface area contributed by atoms with Crippen LogP contribution in [0.15, 0.2) is 29.2 Å². The molecule has 1 atom stereocenters. The molecule has 144 valence electrons. The second kappa shape index (κ2) is 8.48. The highest BCUT2D eigenvalue weighted by Gasteiger charge is 2.35. The van der Waals surface area contributed by atoms with E-state index in [2.05, 4.69) is 5.32 Å². The molecular weight excluding hydrogens is 355 g/mol. The van der Waals surface area contributed by atoms with Crippen LogP contribution in [-0.2, 0) is 14.8 Å². The van der Waals surface area contributed by atoms with Crippen molar-refractivity contribution >= 4 is 15.9 Å². The maximum absolute atomic E-state index is 13.1. The second-order valence-corrected chi connectivity index (χ2v) is 9.22. The Hall–Kier alpha value is -1.47. The van der Waals surface area contributed by atoms with Crippen LogP contribution in [0.5, 0.6) is 0 Å². The van der Waals surface area contributed by atoms with Gasteiger partial charge in [-0.15, -0.1) is 0 Å². The third kappa shape index (κ3) is 4.62. The van der Waals surface area contributed by atoms with Gasteiger partial charge in [0.05, 0.1) is 4.90 Å². The fourth-order valence-corrected chi connectivity index (χ4v) is 5.68. The van der Waals surface area contributed by atoms with E-state index in [1.807, 2.05) is 0 Å². The molecule has 1 aromatic rings. The molecular formula is C19H27FN2O3S. The van der Waals surface area contributed by atoms with Crippen molar-refractivity contribution in [3.8, 4) is 0 Å². The van der Waals surface area contributed by atoms with E-state index in [4.69, 9.17) is 0 Å². The smallest absolute Gasteiger partial charge is 0.243 e. The zero-order valence-corrected chi connectivity index (χ0v) is 15.8. The zero-order valence-electron chi connectivity index (χ0n) is 15.0. The number of nitrogens with one attached hydrogen (secondary N) is 1. The Morgan fingerprint density at radius 3 is 2.38 bits per heavy atom. The monoisotopic (exact) mass is 382 g/mol. The number of carbonyl (C=O) groups is 1. The van der Waals surface area contributed by atoms with Gasteiger partial charge in [-0.1, -0.05) is 25.7 Å². The Balaban J connectivity index is 1.68. The zero-order chi connectivity index (χ0) is 18.6. The highest BCUT2D eigenvalue weighted by Crippen LogP contribution is 2.27. The lowest BCUT2D eigenvalue weighted by atomic mass is 9.95. The molecule has 1 aliphatic heterocycles. The fraction of sp³-hybridized carbons (Fsp3) is 0.632. The lowest BCUT2D eigenvalue weighted by molar-refractivity contribution is -0.123. The van der Waals surface area contributed by atoms with Crippen molar-refractivity contribution in [3.05, 3.63) is 30.1 Å². The van der Waals surface area contributed by atoms with Crippen molar-refractivity contribution in [1.29, 1.82) is 0 Å². The molecule has 1 aliphatic carbocycles. The number of sulfonamides is 1. The average molecular weight is 383 g/mol. The predicted octanol–water partition coefficient (Wildman–Crippen LogP) is 3.21. The minimum atomic E-state index is -3.72. The van der Waals surface area contributed by atoms with Gasteiger partial charge in [-0.3, -0.25) is 4.79 Å². The third-order valence-corrected chi connectivity index (χ3v) is 7.35. The van der Waals surface area contributed by atoms with Gasteiger partial charge in [-0.25, -0.2) is 12.8 Å². The van der Waals surface area contributed by atoms with Crippen LogP contribution < -0.4 is 5.32 Å². The molecule has 0 radical (unpaired) electrons. The lowest BCUT2D eigenvalue weighted by Gasteiger charge is -2.35. The number of hydrogen-bond acceptors (Lipinski definition) is 3. The highest BCUT2D eigenvalue weighted by atomic mass is 32.2. The molecule has 1 aromatic carbocycles. The van der Waals surface area contributed by atoms with Crippen LogP contribution in [0.4, 0.5) is 4.39 Å². The molecule has 0 aromatic heterocycles. The Kier molecular flexibility index (Phi) is 6.29. The van der Waals surface area contributed by atoms with E-state index < -0.39 is 15.8 Å². The van der Waals surface area contributed by atoms with Gasteiger partial charge in [0.1, 0.15) is 5.82 Å². The van der Waals surface area contributed by atoms with Crippen molar-refractivity contribution in [3.63, 3.8) is 0 Å². The van der Waals surface area contributed by atoms with E-state index in [0.29, 0.717) is 13.0 Å². The molecule has 2 fully saturated rings. The first kappa shape index (κ1) is 19.3. The van der Waals surface area contributed by atoms with Gasteiger partial charge in [0.15, 0.2) is 0 Å². The van der Waals surface area contributed by atoms with Crippen molar-refractivity contribution < 1.29 is 17.6 Å². The van der Waals surface area contributed by atoms with Crippen LogP contribution in [0.3, 0.4) is 0 Å². The predicted molar refractivity (Wildman–Crippen MR) is 97.6 cm³/mol. The molecule has 1 amide bonds. The minimum absolute atomic E-state index is 0.0666. The molecule has 1 N–H and O–H groups in total. The molecule has 7 heteroatoms. The van der Waals surface area contributed by atoms with Gasteiger partial charge >= 0.3 is 0 Å². The van der Waals surface area contributed by atoms with E-state index >= 15 is 0 Å². The van der Waals surface area contributed by atoms with Crippen LogP contribution in [-0.4, -0.2) is 37.3 Å². The first-order chi connectivity index (χ1) is 12.5. The molecule has 1 saturated heterocycles. The van der Waals surface area contributed by atoms with Crippen LogP contribution >= 0.6 is 0 Å². The number of halogens is 1. The van der Waals surface area contributed by atoms with Gasteiger partial charge in [0, 0.05) is 25.0 Å². The summed E-state index contributed by atoms with van der Waals surface area (Å²) in [6, 6.07) is 4.78. The molecule has 2 aliphatic rings. The lowest BCUT2D eigenvalue weighted by Crippen LogP contribution is -2.47. The summed E-state index contributed by atoms with van der Waals surface area (Å²) in [6.07, 6.45) is 8.08. The summed E-state index contributed by atoms with van der Waals surface area (Å²) in [4.78, 5) is 12.5. The molecule has 26 heavy (non-hydrogen) atoms. The summed E-state index contributed by atoms with van der Waals surface area (Å²) in [7, 11) is -3.72. The molecule has 5 nitrogen and oxygen atoms in total. The van der Waals surface area contributed by atoms with E-state index in [9.17, 15) is 17.6 Å². The Morgan fingerprint density at radius 1 is 1.04 bits per heavy atom. The van der Waals surface area contributed by atoms with Crippen LogP contribution in [0.2, 0.25) is 0 Å². The van der Waals surface area contributed by atoms with E-state index in [0.717, 1.165) is 50.7 Å². The SMILES string of the molecule is O=C(CC1CCCCN1S(=O)(=O)c1ccc(F)cc1)NC1CCCCC1. The molecule has 0 bridgehead atoms.